The van der Waals surface area contributed by atoms with E-state index in [0.29, 0.717) is 6.54 Å². The molecule has 2 N–H and O–H groups in total. The predicted octanol–water partition coefficient (Wildman–Crippen LogP) is 3.29. The topological polar surface area (TPSA) is 58.5 Å². The molecule has 1 saturated carbocycles. The van der Waals surface area contributed by atoms with Crippen molar-refractivity contribution in [2.24, 2.45) is 10.9 Å². The smallest absolute Gasteiger partial charge is 0.191 e. The van der Waals surface area contributed by atoms with Crippen LogP contribution in [0.5, 0.6) is 0 Å². The molecular weight excluding hydrogens is 332 g/mol. The van der Waals surface area contributed by atoms with Crippen LogP contribution in [0.2, 0.25) is 0 Å². The Morgan fingerprint density at radius 3 is 2.88 bits per heavy atom. The number of hydrogen-bond acceptors (Lipinski definition) is 4. The van der Waals surface area contributed by atoms with Gasteiger partial charge in [0.05, 0.1) is 12.2 Å². The zero-order valence-electron chi connectivity index (χ0n) is 14.7. The summed E-state index contributed by atoms with van der Waals surface area (Å²) in [4.78, 5) is 8.94. The van der Waals surface area contributed by atoms with Gasteiger partial charge in [-0.05, 0) is 25.2 Å². The minimum atomic E-state index is 0.676. The van der Waals surface area contributed by atoms with E-state index in [-0.39, 0.29) is 0 Å². The van der Waals surface area contributed by atoms with Crippen LogP contribution in [0.25, 0.3) is 11.3 Å². The third-order valence-electron chi connectivity index (χ3n) is 4.06. The third kappa shape index (κ3) is 6.14. The van der Waals surface area contributed by atoms with Crippen molar-refractivity contribution >= 4 is 17.3 Å². The minimum absolute atomic E-state index is 0.676. The van der Waals surface area contributed by atoms with Crippen molar-refractivity contribution in [3.05, 3.63) is 40.7 Å². The molecule has 0 bridgehead atoms. The maximum Gasteiger partial charge on any atom is 0.191 e. The molecule has 0 atom stereocenters. The fourth-order valence-electron chi connectivity index (χ4n) is 2.43. The van der Waals surface area contributed by atoms with Gasteiger partial charge in [0.25, 0.3) is 0 Å². The van der Waals surface area contributed by atoms with Crippen molar-refractivity contribution in [1.82, 2.24) is 15.6 Å². The average molecular weight is 359 g/mol. The van der Waals surface area contributed by atoms with E-state index in [1.54, 1.807) is 18.4 Å². The van der Waals surface area contributed by atoms with Crippen molar-refractivity contribution < 1.29 is 4.74 Å². The molecule has 0 radical (unpaired) electrons. The third-order valence-corrected chi connectivity index (χ3v) is 4.91. The van der Waals surface area contributed by atoms with Gasteiger partial charge in [-0.2, -0.15) is 0 Å². The fourth-order valence-corrected chi connectivity index (χ4v) is 3.17. The van der Waals surface area contributed by atoms with Gasteiger partial charge in [-0.25, -0.2) is 4.98 Å². The Morgan fingerprint density at radius 1 is 1.28 bits per heavy atom. The molecule has 134 valence electrons. The molecule has 1 fully saturated rings. The van der Waals surface area contributed by atoms with Crippen molar-refractivity contribution in [3.8, 4) is 11.3 Å². The first-order valence-corrected chi connectivity index (χ1v) is 9.75. The number of aliphatic imine (C=N–C) groups is 1. The average Bonchev–Trinajstić information content (AvgIpc) is 3.36. The normalized spacial score (nSPS) is 14.5. The molecule has 0 unspecified atom stereocenters. The van der Waals surface area contributed by atoms with Gasteiger partial charge in [0, 0.05) is 37.7 Å². The molecule has 0 saturated heterocycles. The zero-order valence-corrected chi connectivity index (χ0v) is 15.5. The summed E-state index contributed by atoms with van der Waals surface area (Å²) in [5.74, 6) is 1.64. The second-order valence-electron chi connectivity index (χ2n) is 6.22. The van der Waals surface area contributed by atoms with E-state index in [1.165, 1.54) is 12.8 Å². The molecule has 25 heavy (non-hydrogen) atoms. The summed E-state index contributed by atoms with van der Waals surface area (Å²) in [6.07, 6.45) is 3.68. The van der Waals surface area contributed by atoms with Crippen LogP contribution in [-0.2, 0) is 11.3 Å². The van der Waals surface area contributed by atoms with Crippen LogP contribution in [0.1, 0.15) is 24.3 Å². The Hall–Kier alpha value is -1.92. The van der Waals surface area contributed by atoms with Gasteiger partial charge in [0.15, 0.2) is 5.96 Å². The first-order chi connectivity index (χ1) is 12.3. The van der Waals surface area contributed by atoms with Gasteiger partial charge in [-0.3, -0.25) is 4.99 Å². The maximum atomic E-state index is 5.64. The molecule has 1 aliphatic rings. The lowest BCUT2D eigenvalue weighted by molar-refractivity contribution is 0.123. The van der Waals surface area contributed by atoms with Gasteiger partial charge < -0.3 is 15.4 Å². The van der Waals surface area contributed by atoms with Crippen molar-refractivity contribution in [2.75, 3.05) is 26.8 Å². The molecule has 1 aromatic carbocycles. The van der Waals surface area contributed by atoms with E-state index < -0.39 is 0 Å². The number of rotatable bonds is 9. The number of hydrogen-bond donors (Lipinski definition) is 2. The Bertz CT molecular complexity index is 667. The number of aromatic nitrogens is 1. The minimum Gasteiger partial charge on any atom is -0.381 e. The van der Waals surface area contributed by atoms with Crippen molar-refractivity contribution in [1.29, 1.82) is 0 Å². The van der Waals surface area contributed by atoms with Crippen LogP contribution in [0, 0.1) is 5.92 Å². The van der Waals surface area contributed by atoms with Crippen LogP contribution >= 0.6 is 11.3 Å². The molecule has 1 aromatic heterocycles. The number of guanidine groups is 1. The van der Waals surface area contributed by atoms with Crippen LogP contribution < -0.4 is 10.6 Å². The molecule has 6 heteroatoms. The van der Waals surface area contributed by atoms with Crippen LogP contribution in [-0.4, -0.2) is 37.7 Å². The molecule has 1 aliphatic carbocycles. The number of ether oxygens (including phenoxy) is 1. The highest BCUT2D eigenvalue weighted by molar-refractivity contribution is 7.09. The van der Waals surface area contributed by atoms with E-state index >= 15 is 0 Å². The van der Waals surface area contributed by atoms with E-state index in [4.69, 9.17) is 4.74 Å². The molecule has 2 aromatic rings. The molecule has 1 heterocycles. The first kappa shape index (κ1) is 17.9. The van der Waals surface area contributed by atoms with Crippen molar-refractivity contribution in [2.45, 2.75) is 25.8 Å². The van der Waals surface area contributed by atoms with E-state index in [1.807, 2.05) is 18.2 Å². The molecule has 0 spiro atoms. The summed E-state index contributed by atoms with van der Waals surface area (Å²) >= 11 is 1.66. The molecule has 0 aliphatic heterocycles. The Balaban J connectivity index is 1.35. The summed E-state index contributed by atoms with van der Waals surface area (Å²) in [6.45, 7) is 3.28. The summed E-state index contributed by atoms with van der Waals surface area (Å²) in [5.41, 5.74) is 2.18. The maximum absolute atomic E-state index is 5.64. The van der Waals surface area contributed by atoms with E-state index in [9.17, 15) is 0 Å². The highest BCUT2D eigenvalue weighted by Crippen LogP contribution is 2.28. The molecule has 5 nitrogen and oxygen atoms in total. The Kier molecular flexibility index (Phi) is 6.82. The second kappa shape index (κ2) is 9.53. The van der Waals surface area contributed by atoms with Gasteiger partial charge in [-0.1, -0.05) is 30.3 Å². The number of nitrogens with zero attached hydrogens (tertiary/aromatic N) is 2. The Labute approximate surface area is 153 Å². The summed E-state index contributed by atoms with van der Waals surface area (Å²) in [7, 11) is 1.79. The highest BCUT2D eigenvalue weighted by Gasteiger charge is 2.20. The number of nitrogens with one attached hydrogen (secondary N) is 2. The largest absolute Gasteiger partial charge is 0.381 e. The summed E-state index contributed by atoms with van der Waals surface area (Å²) < 4.78 is 5.64. The molecule has 3 rings (SSSR count). The van der Waals surface area contributed by atoms with E-state index in [2.05, 4.69) is 38.1 Å². The van der Waals surface area contributed by atoms with Gasteiger partial charge in [-0.15, -0.1) is 11.3 Å². The lowest BCUT2D eigenvalue weighted by Gasteiger charge is -2.11. The standard InChI is InChI=1S/C19H26N4OS/c1-20-19(21-10-5-11-24-13-15-8-9-15)22-12-18-23-17(14-25-18)16-6-3-2-4-7-16/h2-4,6-7,14-15H,5,8-13H2,1H3,(H2,20,21,22). The lowest BCUT2D eigenvalue weighted by atomic mass is 10.2. The lowest BCUT2D eigenvalue weighted by Crippen LogP contribution is -2.37. The number of thiazole rings is 1. The summed E-state index contributed by atoms with van der Waals surface area (Å²) in [5, 5.41) is 9.78. The highest BCUT2D eigenvalue weighted by atomic mass is 32.1. The zero-order chi connectivity index (χ0) is 17.3. The summed E-state index contributed by atoms with van der Waals surface area (Å²) in [6, 6.07) is 10.3. The monoisotopic (exact) mass is 358 g/mol. The van der Waals surface area contributed by atoms with Crippen LogP contribution in [0.3, 0.4) is 0 Å². The quantitative estimate of drug-likeness (QED) is 0.410. The van der Waals surface area contributed by atoms with E-state index in [0.717, 1.165) is 54.3 Å². The SMILES string of the molecule is CN=C(NCCCOCC1CC1)NCc1nc(-c2ccccc2)cs1. The Morgan fingerprint density at radius 2 is 2.12 bits per heavy atom. The second-order valence-corrected chi connectivity index (χ2v) is 7.16. The predicted molar refractivity (Wildman–Crippen MR) is 104 cm³/mol. The molecule has 0 amide bonds. The first-order valence-electron chi connectivity index (χ1n) is 8.87. The van der Waals surface area contributed by atoms with Crippen LogP contribution in [0.15, 0.2) is 40.7 Å². The van der Waals surface area contributed by atoms with Crippen molar-refractivity contribution in [3.63, 3.8) is 0 Å². The number of benzene rings is 1. The fraction of sp³-hybridized carbons (Fsp3) is 0.474. The molecular formula is C19H26N4OS. The van der Waals surface area contributed by atoms with Crippen LogP contribution in [0.4, 0.5) is 0 Å². The van der Waals surface area contributed by atoms with Gasteiger partial charge >= 0.3 is 0 Å². The van der Waals surface area contributed by atoms with Gasteiger partial charge in [0.2, 0.25) is 0 Å². The van der Waals surface area contributed by atoms with Gasteiger partial charge in [0.1, 0.15) is 5.01 Å².